The average Bonchev–Trinajstić information content (AvgIpc) is 3.23. The first-order chi connectivity index (χ1) is 19.1. The predicted molar refractivity (Wildman–Crippen MR) is 149 cm³/mol. The van der Waals surface area contributed by atoms with Gasteiger partial charge in [0.1, 0.15) is 10.9 Å². The van der Waals surface area contributed by atoms with E-state index in [4.69, 9.17) is 16.3 Å². The topological polar surface area (TPSA) is 121 Å². The number of rotatable bonds is 5. The second kappa shape index (κ2) is 10.2. The number of thiazole rings is 1. The summed E-state index contributed by atoms with van der Waals surface area (Å²) in [6, 6.07) is -0.939. The summed E-state index contributed by atoms with van der Waals surface area (Å²) in [7, 11) is 1.55. The first kappa shape index (κ1) is 27.9. The fraction of sp³-hybridized carbons (Fsp3) is 0.750. The first-order valence-corrected chi connectivity index (χ1v) is 15.6. The second-order valence-electron chi connectivity index (χ2n) is 13.0. The van der Waals surface area contributed by atoms with Crippen molar-refractivity contribution in [3.05, 3.63) is 15.5 Å². The van der Waals surface area contributed by atoms with Crippen molar-refractivity contribution in [2.75, 3.05) is 39.8 Å². The molecule has 4 amide bonds. The van der Waals surface area contributed by atoms with E-state index in [0.29, 0.717) is 37.0 Å². The molecule has 12 heteroatoms. The number of ether oxygens (including phenoxy) is 1. The summed E-state index contributed by atoms with van der Waals surface area (Å²) in [6.07, 6.45) is 5.13. The number of hydrogen-bond donors (Lipinski definition) is 2. The first-order valence-electron chi connectivity index (χ1n) is 14.4. The van der Waals surface area contributed by atoms with E-state index >= 15 is 0 Å². The van der Waals surface area contributed by atoms with E-state index < -0.39 is 23.5 Å². The van der Waals surface area contributed by atoms with Crippen molar-refractivity contribution in [3.8, 4) is 0 Å². The highest BCUT2D eigenvalue weighted by Crippen LogP contribution is 2.63. The molecule has 5 atom stereocenters. The van der Waals surface area contributed by atoms with Crippen LogP contribution in [0.15, 0.2) is 5.51 Å². The monoisotopic (exact) mass is 591 g/mol. The van der Waals surface area contributed by atoms with E-state index in [1.54, 1.807) is 11.9 Å². The maximum Gasteiger partial charge on any atom is 0.267 e. The third kappa shape index (κ3) is 4.52. The Kier molecular flexibility index (Phi) is 7.14. The maximum atomic E-state index is 14.0. The van der Waals surface area contributed by atoms with Gasteiger partial charge < -0.3 is 25.2 Å². The van der Waals surface area contributed by atoms with Gasteiger partial charge in [0.2, 0.25) is 17.7 Å². The molecule has 5 heterocycles. The zero-order valence-electron chi connectivity index (χ0n) is 23.3. The summed E-state index contributed by atoms with van der Waals surface area (Å²) < 4.78 is 6.57. The molecule has 4 saturated heterocycles. The number of halogens is 1. The number of likely N-dealkylation sites (tertiary alicyclic amines) is 1. The smallest absolute Gasteiger partial charge is 0.267 e. The highest BCUT2D eigenvalue weighted by molar-refractivity contribution is 7.12. The van der Waals surface area contributed by atoms with Gasteiger partial charge in [-0.2, -0.15) is 0 Å². The number of likely N-dealkylation sites (N-methyl/N-ethyl adjacent to an activating group) is 1. The van der Waals surface area contributed by atoms with Gasteiger partial charge in [-0.1, -0.05) is 44.7 Å². The van der Waals surface area contributed by atoms with Crippen LogP contribution in [0.2, 0.25) is 5.15 Å². The van der Waals surface area contributed by atoms with E-state index in [9.17, 15) is 19.2 Å². The Balaban J connectivity index is 1.31. The van der Waals surface area contributed by atoms with Crippen LogP contribution in [-0.2, 0) is 19.1 Å². The molecule has 1 aromatic heterocycles. The lowest BCUT2D eigenvalue weighted by molar-refractivity contribution is -0.151. The van der Waals surface area contributed by atoms with Crippen molar-refractivity contribution >= 4 is 46.6 Å². The van der Waals surface area contributed by atoms with Crippen LogP contribution in [-0.4, -0.2) is 90.4 Å². The molecule has 40 heavy (non-hydrogen) atoms. The highest BCUT2D eigenvalue weighted by atomic mass is 35.5. The lowest BCUT2D eigenvalue weighted by Crippen LogP contribution is -2.65. The van der Waals surface area contributed by atoms with Crippen LogP contribution in [0.25, 0.3) is 0 Å². The number of fused-ring (bicyclic) bond motifs is 3. The Bertz CT molecular complexity index is 1210. The second-order valence-corrected chi connectivity index (χ2v) is 14.2. The van der Waals surface area contributed by atoms with Gasteiger partial charge in [-0.15, -0.1) is 11.3 Å². The summed E-state index contributed by atoms with van der Waals surface area (Å²) in [5.41, 5.74) is 0.584. The van der Waals surface area contributed by atoms with Gasteiger partial charge in [-0.3, -0.25) is 19.2 Å². The molecule has 1 unspecified atom stereocenters. The fourth-order valence-corrected chi connectivity index (χ4v) is 8.83. The van der Waals surface area contributed by atoms with Crippen molar-refractivity contribution in [2.45, 2.75) is 58.1 Å². The van der Waals surface area contributed by atoms with E-state index in [1.807, 2.05) is 4.90 Å². The summed E-state index contributed by atoms with van der Waals surface area (Å²) in [5.74, 6) is -1.47. The molecule has 7 rings (SSSR count). The third-order valence-corrected chi connectivity index (χ3v) is 11.4. The van der Waals surface area contributed by atoms with Crippen molar-refractivity contribution < 1.29 is 23.9 Å². The number of nitrogens with one attached hydrogen (secondary N) is 2. The van der Waals surface area contributed by atoms with E-state index in [-0.39, 0.29) is 52.6 Å². The molecule has 10 nitrogen and oxygen atoms in total. The summed E-state index contributed by atoms with van der Waals surface area (Å²) >= 11 is 7.32. The highest BCUT2D eigenvalue weighted by Gasteiger charge is 2.70. The summed E-state index contributed by atoms with van der Waals surface area (Å²) in [6.45, 7) is 5.95. The molecule has 2 bridgehead atoms. The van der Waals surface area contributed by atoms with Gasteiger partial charge in [-0.25, -0.2) is 4.98 Å². The van der Waals surface area contributed by atoms with Crippen molar-refractivity contribution in [2.24, 2.45) is 34.5 Å². The van der Waals surface area contributed by atoms with Gasteiger partial charge >= 0.3 is 0 Å². The van der Waals surface area contributed by atoms with Gasteiger partial charge in [-0.05, 0) is 24.2 Å². The molecule has 6 fully saturated rings. The van der Waals surface area contributed by atoms with Crippen LogP contribution in [0, 0.1) is 34.5 Å². The van der Waals surface area contributed by atoms with E-state index in [2.05, 4.69) is 29.5 Å². The molecule has 6 aliphatic rings. The molecule has 2 saturated carbocycles. The van der Waals surface area contributed by atoms with Crippen molar-refractivity contribution in [1.82, 2.24) is 25.4 Å². The van der Waals surface area contributed by atoms with Crippen LogP contribution < -0.4 is 10.6 Å². The largest absolute Gasteiger partial charge is 0.375 e. The molecule has 1 aromatic rings. The van der Waals surface area contributed by atoms with Crippen LogP contribution in [0.5, 0.6) is 0 Å². The number of hydrogen-bond acceptors (Lipinski definition) is 7. The molecule has 0 radical (unpaired) electrons. The zero-order valence-corrected chi connectivity index (χ0v) is 24.9. The Morgan fingerprint density at radius 2 is 1.93 bits per heavy atom. The van der Waals surface area contributed by atoms with Crippen LogP contribution in [0.4, 0.5) is 0 Å². The fourth-order valence-electron chi connectivity index (χ4n) is 7.86. The van der Waals surface area contributed by atoms with E-state index in [1.165, 1.54) is 36.1 Å². The van der Waals surface area contributed by atoms with E-state index in [0.717, 1.165) is 12.8 Å². The van der Waals surface area contributed by atoms with Crippen LogP contribution in [0.1, 0.15) is 55.6 Å². The lowest BCUT2D eigenvalue weighted by Gasteiger charge is -2.50. The minimum absolute atomic E-state index is 0.0472. The molecular formula is C28H38ClN5O5S. The number of nitrogens with zero attached hydrogens (tertiary/aromatic N) is 3. The van der Waals surface area contributed by atoms with Crippen LogP contribution >= 0.6 is 22.9 Å². The normalized spacial score (nSPS) is 32.8. The predicted octanol–water partition coefficient (Wildman–Crippen LogP) is 2.18. The molecule has 2 N–H and O–H groups in total. The lowest BCUT2D eigenvalue weighted by atomic mass is 9.71. The molecule has 218 valence electrons. The SMILES string of the molecule is CNC(=O)[C@H]1NC(=O)[C@@H]2CN(C(=O)c3scnc3Cl)CC23CN(C3)C(=O)[C@H]2C([C@H]1OCC1CCCCC1)C2(C)C. The molecule has 0 aromatic carbocycles. The average molecular weight is 592 g/mol. The van der Waals surface area contributed by atoms with Crippen LogP contribution in [0.3, 0.4) is 0 Å². The Labute approximate surface area is 243 Å². The number of carbonyl (C=O) groups excluding carboxylic acids is 4. The molecular weight excluding hydrogens is 554 g/mol. The number of carbonyl (C=O) groups is 4. The van der Waals surface area contributed by atoms with Gasteiger partial charge in [0.15, 0.2) is 5.15 Å². The Morgan fingerprint density at radius 1 is 1.20 bits per heavy atom. The van der Waals surface area contributed by atoms with Crippen molar-refractivity contribution in [1.29, 1.82) is 0 Å². The van der Waals surface area contributed by atoms with Gasteiger partial charge in [0.05, 0.1) is 17.5 Å². The Morgan fingerprint density at radius 3 is 2.58 bits per heavy atom. The molecule has 2 aliphatic carbocycles. The maximum absolute atomic E-state index is 14.0. The quantitative estimate of drug-likeness (QED) is 0.541. The summed E-state index contributed by atoms with van der Waals surface area (Å²) in [4.78, 5) is 62.3. The standard InChI is InChI=1S/C28H38ClN5O5S/c1-27(2)17-18(27)25(37)34-12-28(13-34)11-33(26(38)21-22(29)31-14-40-21)9-16(28)23(35)32-19(24(36)30-3)20(17)39-10-15-7-5-4-6-8-15/h14-20H,4-13H2,1-3H3,(H,30,36)(H,32,35)/t16-,17?,18+,19-,20+/m0/s1. The molecule has 1 spiro atoms. The number of amides is 4. The minimum atomic E-state index is -0.939. The Hall–Kier alpha value is -2.24. The van der Waals surface area contributed by atoms with Gasteiger partial charge in [0, 0.05) is 57.1 Å². The number of aromatic nitrogens is 1. The summed E-state index contributed by atoms with van der Waals surface area (Å²) in [5, 5.41) is 5.93. The van der Waals surface area contributed by atoms with Gasteiger partial charge in [0.25, 0.3) is 5.91 Å². The zero-order chi connectivity index (χ0) is 28.4. The minimum Gasteiger partial charge on any atom is -0.375 e. The molecule has 4 aliphatic heterocycles. The van der Waals surface area contributed by atoms with Crippen molar-refractivity contribution in [3.63, 3.8) is 0 Å². The third-order valence-electron chi connectivity index (χ3n) is 10.2.